The lowest BCUT2D eigenvalue weighted by atomic mass is 9.71. The molecule has 0 aliphatic carbocycles. The van der Waals surface area contributed by atoms with Crippen molar-refractivity contribution in [2.24, 2.45) is 0 Å². The Morgan fingerprint density at radius 1 is 0.824 bits per heavy atom. The Bertz CT molecular complexity index is 1000. The number of benzene rings is 2. The first kappa shape index (κ1) is 28.2. The van der Waals surface area contributed by atoms with E-state index in [1.807, 2.05) is 58.0 Å². The molecule has 2 rings (SSSR count). The largest absolute Gasteiger partial charge is 0.394 e. The monoisotopic (exact) mass is 472 g/mol. The van der Waals surface area contributed by atoms with Gasteiger partial charge < -0.3 is 30.6 Å². The van der Waals surface area contributed by atoms with Crippen molar-refractivity contribution in [3.8, 4) is 0 Å². The topological polar surface area (TPSA) is 121 Å². The SMILES string of the molecule is C=C(C)CC(O)(Cc1ccc(C)c(C)c1)[C@@H](O)[C@@](O)(Cc1ccc(C)c(C)c1)[C@H](O)[C@@H](O)CO. The number of hydrogen-bond donors (Lipinski definition) is 6. The minimum atomic E-state index is -2.37. The smallest absolute Gasteiger partial charge is 0.126 e. The van der Waals surface area contributed by atoms with E-state index in [4.69, 9.17) is 0 Å². The van der Waals surface area contributed by atoms with Gasteiger partial charge in [-0.25, -0.2) is 0 Å². The maximum Gasteiger partial charge on any atom is 0.126 e. The zero-order valence-electron chi connectivity index (χ0n) is 20.9. The van der Waals surface area contributed by atoms with Gasteiger partial charge in [0.05, 0.1) is 6.61 Å². The summed E-state index contributed by atoms with van der Waals surface area (Å²) in [5.74, 6) is 0. The van der Waals surface area contributed by atoms with Crippen molar-refractivity contribution in [3.05, 3.63) is 81.9 Å². The van der Waals surface area contributed by atoms with E-state index in [1.165, 1.54) is 0 Å². The Morgan fingerprint density at radius 3 is 1.71 bits per heavy atom. The van der Waals surface area contributed by atoms with E-state index >= 15 is 0 Å². The Balaban J connectivity index is 2.57. The zero-order chi connectivity index (χ0) is 25.8. The summed E-state index contributed by atoms with van der Waals surface area (Å²) in [5.41, 5.74) is 1.76. The van der Waals surface area contributed by atoms with Crippen LogP contribution < -0.4 is 0 Å². The first-order chi connectivity index (χ1) is 15.7. The highest BCUT2D eigenvalue weighted by atomic mass is 16.4. The molecule has 0 bridgehead atoms. The molecule has 2 aromatic rings. The lowest BCUT2D eigenvalue weighted by molar-refractivity contribution is -0.228. The first-order valence-corrected chi connectivity index (χ1v) is 11.6. The Morgan fingerprint density at radius 2 is 1.29 bits per heavy atom. The molecule has 0 fully saturated rings. The molecule has 188 valence electrons. The molecule has 0 saturated heterocycles. The summed E-state index contributed by atoms with van der Waals surface area (Å²) in [5, 5.41) is 65.6. The van der Waals surface area contributed by atoms with Crippen LogP contribution in [0.25, 0.3) is 0 Å². The fourth-order valence-electron chi connectivity index (χ4n) is 4.55. The molecule has 0 spiro atoms. The maximum absolute atomic E-state index is 11.8. The molecule has 0 aliphatic heterocycles. The Labute approximate surface area is 202 Å². The summed E-state index contributed by atoms with van der Waals surface area (Å²) >= 11 is 0. The Hall–Kier alpha value is -2.06. The third-order valence-electron chi connectivity index (χ3n) is 6.79. The van der Waals surface area contributed by atoms with Crippen LogP contribution in [-0.4, -0.2) is 66.8 Å². The Kier molecular flexibility index (Phi) is 9.22. The van der Waals surface area contributed by atoms with E-state index in [0.717, 1.165) is 27.8 Å². The molecule has 0 heterocycles. The fourth-order valence-corrected chi connectivity index (χ4v) is 4.55. The minimum absolute atomic E-state index is 0.0146. The lowest BCUT2D eigenvalue weighted by Gasteiger charge is -2.46. The van der Waals surface area contributed by atoms with Crippen molar-refractivity contribution in [2.75, 3.05) is 6.61 Å². The van der Waals surface area contributed by atoms with Crippen LogP contribution in [0, 0.1) is 27.7 Å². The van der Waals surface area contributed by atoms with Crippen LogP contribution in [0.4, 0.5) is 0 Å². The van der Waals surface area contributed by atoms with Gasteiger partial charge in [-0.3, -0.25) is 0 Å². The van der Waals surface area contributed by atoms with E-state index in [1.54, 1.807) is 13.0 Å². The van der Waals surface area contributed by atoms with Crippen molar-refractivity contribution in [1.29, 1.82) is 0 Å². The van der Waals surface area contributed by atoms with Gasteiger partial charge in [-0.1, -0.05) is 42.0 Å². The quantitative estimate of drug-likeness (QED) is 0.279. The second kappa shape index (κ2) is 11.1. The van der Waals surface area contributed by atoms with Gasteiger partial charge in [-0.05, 0) is 74.4 Å². The lowest BCUT2D eigenvalue weighted by Crippen LogP contribution is -2.66. The predicted molar refractivity (Wildman–Crippen MR) is 134 cm³/mol. The van der Waals surface area contributed by atoms with E-state index in [9.17, 15) is 30.6 Å². The van der Waals surface area contributed by atoms with Gasteiger partial charge in [-0.2, -0.15) is 0 Å². The van der Waals surface area contributed by atoms with E-state index in [0.29, 0.717) is 11.1 Å². The molecule has 34 heavy (non-hydrogen) atoms. The third kappa shape index (κ3) is 6.33. The molecule has 0 radical (unpaired) electrons. The average molecular weight is 473 g/mol. The summed E-state index contributed by atoms with van der Waals surface area (Å²) in [4.78, 5) is 0. The second-order valence-corrected chi connectivity index (χ2v) is 10.0. The summed E-state index contributed by atoms with van der Waals surface area (Å²) < 4.78 is 0. The summed E-state index contributed by atoms with van der Waals surface area (Å²) in [6.07, 6.45) is -5.83. The summed E-state index contributed by atoms with van der Waals surface area (Å²) in [6.45, 7) is 12.5. The molecule has 1 unspecified atom stereocenters. The van der Waals surface area contributed by atoms with E-state index < -0.39 is 36.1 Å². The van der Waals surface area contributed by atoms with Gasteiger partial charge >= 0.3 is 0 Å². The van der Waals surface area contributed by atoms with Crippen LogP contribution in [0.1, 0.15) is 46.7 Å². The second-order valence-electron chi connectivity index (χ2n) is 10.0. The highest BCUT2D eigenvalue weighted by Crippen LogP contribution is 2.36. The average Bonchev–Trinajstić information content (AvgIpc) is 2.76. The van der Waals surface area contributed by atoms with Gasteiger partial charge in [0.2, 0.25) is 0 Å². The molecule has 6 nitrogen and oxygen atoms in total. The molecule has 0 saturated carbocycles. The summed E-state index contributed by atoms with van der Waals surface area (Å²) in [7, 11) is 0. The fraction of sp³-hybridized carbons (Fsp3) is 0.500. The van der Waals surface area contributed by atoms with Crippen LogP contribution in [-0.2, 0) is 12.8 Å². The van der Waals surface area contributed by atoms with Crippen LogP contribution in [0.5, 0.6) is 0 Å². The molecule has 0 aliphatic rings. The molecular weight excluding hydrogens is 432 g/mol. The van der Waals surface area contributed by atoms with Gasteiger partial charge in [0.25, 0.3) is 0 Å². The normalized spacial score (nSPS) is 18.0. The summed E-state index contributed by atoms with van der Waals surface area (Å²) in [6, 6.07) is 11.1. The zero-order valence-corrected chi connectivity index (χ0v) is 20.9. The molecule has 2 aromatic carbocycles. The third-order valence-corrected chi connectivity index (χ3v) is 6.79. The number of rotatable bonds is 11. The number of aryl methyl sites for hydroxylation is 4. The van der Waals surface area contributed by atoms with E-state index in [-0.39, 0.29) is 19.3 Å². The van der Waals surface area contributed by atoms with Crippen LogP contribution >= 0.6 is 0 Å². The number of aliphatic hydroxyl groups excluding tert-OH is 4. The standard InChI is InChI=1S/C28H40O6/c1-17(2)13-27(33,14-22-9-7-18(3)20(5)11-22)26(32)28(34,25(31)24(30)16-29)15-23-10-8-19(4)21(6)12-23/h7-12,24-26,29-34H,1,13-16H2,2-6H3/t24-,25+,26+,27?,28+/m0/s1. The molecule has 6 N–H and O–H groups in total. The molecular formula is C28H40O6. The van der Waals surface area contributed by atoms with Crippen LogP contribution in [0.2, 0.25) is 0 Å². The number of aliphatic hydroxyl groups is 6. The van der Waals surface area contributed by atoms with Crippen molar-refractivity contribution < 1.29 is 30.6 Å². The number of hydrogen-bond acceptors (Lipinski definition) is 6. The minimum Gasteiger partial charge on any atom is -0.394 e. The van der Waals surface area contributed by atoms with Crippen molar-refractivity contribution in [2.45, 2.75) is 83.4 Å². The highest BCUT2D eigenvalue weighted by molar-refractivity contribution is 5.33. The molecule has 6 heteroatoms. The van der Waals surface area contributed by atoms with E-state index in [2.05, 4.69) is 6.58 Å². The van der Waals surface area contributed by atoms with Gasteiger partial charge in [0.1, 0.15) is 29.5 Å². The van der Waals surface area contributed by atoms with Crippen LogP contribution in [0.3, 0.4) is 0 Å². The van der Waals surface area contributed by atoms with Gasteiger partial charge in [0, 0.05) is 12.8 Å². The van der Waals surface area contributed by atoms with Gasteiger partial charge in [0.15, 0.2) is 0 Å². The van der Waals surface area contributed by atoms with Crippen molar-refractivity contribution >= 4 is 0 Å². The maximum atomic E-state index is 11.8. The highest BCUT2D eigenvalue weighted by Gasteiger charge is 2.54. The van der Waals surface area contributed by atoms with Crippen LogP contribution in [0.15, 0.2) is 48.6 Å². The van der Waals surface area contributed by atoms with Crippen molar-refractivity contribution in [1.82, 2.24) is 0 Å². The molecule has 5 atom stereocenters. The predicted octanol–water partition coefficient (Wildman–Crippen LogP) is 2.21. The van der Waals surface area contributed by atoms with Crippen molar-refractivity contribution in [3.63, 3.8) is 0 Å². The molecule has 0 amide bonds. The first-order valence-electron chi connectivity index (χ1n) is 11.6. The van der Waals surface area contributed by atoms with Gasteiger partial charge in [-0.15, -0.1) is 6.58 Å². The molecule has 0 aromatic heterocycles.